The summed E-state index contributed by atoms with van der Waals surface area (Å²) in [5.41, 5.74) is -3.35. The van der Waals surface area contributed by atoms with E-state index in [0.717, 1.165) is 0 Å². The second kappa shape index (κ2) is 9.93. The van der Waals surface area contributed by atoms with Crippen molar-refractivity contribution >= 4 is 63.1 Å². The van der Waals surface area contributed by atoms with Crippen molar-refractivity contribution in [2.45, 2.75) is 13.5 Å². The van der Waals surface area contributed by atoms with Gasteiger partial charge in [0.1, 0.15) is 12.2 Å². The van der Waals surface area contributed by atoms with Crippen LogP contribution in [0.25, 0.3) is 0 Å². The molecule has 0 fully saturated rings. The zero-order valence-corrected chi connectivity index (χ0v) is 19.6. The van der Waals surface area contributed by atoms with E-state index in [2.05, 4.69) is 6.58 Å². The summed E-state index contributed by atoms with van der Waals surface area (Å²) in [6, 6.07) is 3.05. The zero-order chi connectivity index (χ0) is 23.6. The van der Waals surface area contributed by atoms with Crippen LogP contribution in [0.1, 0.15) is 33.2 Å². The van der Waals surface area contributed by atoms with Crippen molar-refractivity contribution in [3.05, 3.63) is 71.4 Å². The third-order valence-corrected chi connectivity index (χ3v) is 5.09. The molecule has 0 radical (unpaired) electrons. The monoisotopic (exact) mass is 663 g/mol. The normalized spacial score (nSPS) is 10.5. The topological polar surface area (TPSA) is 92.7 Å². The lowest BCUT2D eigenvalue weighted by atomic mass is 10.1. The van der Waals surface area contributed by atoms with E-state index in [1.165, 1.54) is 13.0 Å². The molecule has 0 saturated heterocycles. The summed E-state index contributed by atoms with van der Waals surface area (Å²) in [5.74, 6) is -14.5. The zero-order valence-electron chi connectivity index (χ0n) is 15.3. The first-order valence-corrected chi connectivity index (χ1v) is 10.1. The van der Waals surface area contributed by atoms with E-state index in [9.17, 15) is 37.1 Å². The highest BCUT2D eigenvalue weighted by atomic mass is 127. The highest BCUT2D eigenvalue weighted by Crippen LogP contribution is 2.31. The molecule has 12 heteroatoms. The summed E-state index contributed by atoms with van der Waals surface area (Å²) in [6.07, 6.45) is 0. The number of carboxylic acid groups (broad SMARTS) is 1. The van der Waals surface area contributed by atoms with Gasteiger partial charge in [-0.25, -0.2) is 27.2 Å². The quantitative estimate of drug-likeness (QED) is 0.0893. The molecule has 0 aliphatic carbocycles. The Kier molecular flexibility index (Phi) is 8.02. The van der Waals surface area contributed by atoms with Gasteiger partial charge in [0, 0.05) is 14.7 Å². The molecule has 2 aromatic carbocycles. The summed E-state index contributed by atoms with van der Waals surface area (Å²) in [7, 11) is 0. The fourth-order valence-electron chi connectivity index (χ4n) is 2.25. The maximum absolute atomic E-state index is 14.1. The molecule has 2 aromatic rings. The lowest BCUT2D eigenvalue weighted by molar-refractivity contribution is -0.255. The minimum atomic E-state index is -2.46. The average molecular weight is 663 g/mol. The standard InChI is InChI=1S/C19H10F4I2O6/c1-6(2)18(28)31-16-7(3-8(24)4-9(16)25)5-30-19(29)11-10(17(26)27)12(20)14(22)15(23)13(11)21/h3-4H,1,5H2,2H3,(H,26,27)/p-1. The van der Waals surface area contributed by atoms with Crippen molar-refractivity contribution in [3.63, 3.8) is 0 Å². The molecule has 0 saturated carbocycles. The van der Waals surface area contributed by atoms with Gasteiger partial charge in [-0.1, -0.05) is 6.58 Å². The Bertz CT molecular complexity index is 1130. The third kappa shape index (κ3) is 5.34. The van der Waals surface area contributed by atoms with E-state index in [4.69, 9.17) is 9.47 Å². The van der Waals surface area contributed by atoms with Gasteiger partial charge < -0.3 is 19.4 Å². The molecule has 6 nitrogen and oxygen atoms in total. The highest BCUT2D eigenvalue weighted by Gasteiger charge is 2.31. The summed E-state index contributed by atoms with van der Waals surface area (Å²) in [6.45, 7) is 4.11. The van der Waals surface area contributed by atoms with Crippen LogP contribution in [-0.2, 0) is 16.1 Å². The third-order valence-electron chi connectivity index (χ3n) is 3.66. The number of hydrogen-bond donors (Lipinski definition) is 0. The molecular formula is C19H9F4I2O6-. The summed E-state index contributed by atoms with van der Waals surface area (Å²) in [5, 5.41) is 11.1. The van der Waals surface area contributed by atoms with Gasteiger partial charge >= 0.3 is 11.9 Å². The summed E-state index contributed by atoms with van der Waals surface area (Å²) in [4.78, 5) is 35.2. The number of benzene rings is 2. The van der Waals surface area contributed by atoms with E-state index < -0.39 is 58.9 Å². The number of rotatable bonds is 6. The molecule has 0 atom stereocenters. The maximum atomic E-state index is 14.1. The summed E-state index contributed by atoms with van der Waals surface area (Å²) >= 11 is 3.73. The van der Waals surface area contributed by atoms with Gasteiger partial charge in [0.25, 0.3) is 0 Å². The first kappa shape index (κ1) is 25.0. The molecule has 0 N–H and O–H groups in total. The maximum Gasteiger partial charge on any atom is 0.342 e. The van der Waals surface area contributed by atoms with Crippen molar-refractivity contribution in [2.24, 2.45) is 0 Å². The Morgan fingerprint density at radius 3 is 2.06 bits per heavy atom. The van der Waals surface area contributed by atoms with Gasteiger partial charge in [0.05, 0.1) is 15.1 Å². The van der Waals surface area contributed by atoms with Crippen molar-refractivity contribution in [1.29, 1.82) is 0 Å². The number of ether oxygens (including phenoxy) is 2. The second-order valence-corrected chi connectivity index (χ2v) is 8.32. The average Bonchev–Trinajstić information content (AvgIpc) is 2.68. The Labute approximate surface area is 199 Å². The molecule has 2 rings (SSSR count). The Morgan fingerprint density at radius 1 is 1.00 bits per heavy atom. The van der Waals surface area contributed by atoms with Crippen LogP contribution in [-0.4, -0.2) is 17.9 Å². The molecule has 0 spiro atoms. The van der Waals surface area contributed by atoms with Crippen molar-refractivity contribution < 1.29 is 46.5 Å². The van der Waals surface area contributed by atoms with Crippen LogP contribution >= 0.6 is 45.2 Å². The van der Waals surface area contributed by atoms with E-state index >= 15 is 0 Å². The van der Waals surface area contributed by atoms with E-state index in [-0.39, 0.29) is 16.9 Å². The van der Waals surface area contributed by atoms with Gasteiger partial charge in [0.15, 0.2) is 29.0 Å². The first-order valence-electron chi connectivity index (χ1n) is 7.96. The van der Waals surface area contributed by atoms with Crippen LogP contribution in [0.5, 0.6) is 5.75 Å². The Morgan fingerprint density at radius 2 is 1.55 bits per heavy atom. The fraction of sp³-hybridized carbons (Fsp3) is 0.105. The molecule has 164 valence electrons. The largest absolute Gasteiger partial charge is 0.545 e. The van der Waals surface area contributed by atoms with E-state index in [1.807, 2.05) is 45.2 Å². The van der Waals surface area contributed by atoms with Gasteiger partial charge in [-0.15, -0.1) is 0 Å². The Balaban J connectivity index is 2.45. The van der Waals surface area contributed by atoms with Gasteiger partial charge in [0.2, 0.25) is 0 Å². The van der Waals surface area contributed by atoms with Crippen LogP contribution in [0.4, 0.5) is 17.6 Å². The second-order valence-electron chi connectivity index (χ2n) is 5.92. The van der Waals surface area contributed by atoms with E-state index in [0.29, 0.717) is 7.14 Å². The minimum Gasteiger partial charge on any atom is -0.545 e. The van der Waals surface area contributed by atoms with Gasteiger partial charge in [-0.3, -0.25) is 0 Å². The van der Waals surface area contributed by atoms with Crippen LogP contribution in [0.3, 0.4) is 0 Å². The smallest absolute Gasteiger partial charge is 0.342 e. The molecule has 0 bridgehead atoms. The van der Waals surface area contributed by atoms with Crippen molar-refractivity contribution in [2.75, 3.05) is 0 Å². The van der Waals surface area contributed by atoms with E-state index in [1.54, 1.807) is 6.07 Å². The molecule has 31 heavy (non-hydrogen) atoms. The summed E-state index contributed by atoms with van der Waals surface area (Å²) < 4.78 is 65.7. The number of carbonyl (C=O) groups excluding carboxylic acids is 3. The van der Waals surface area contributed by atoms with Crippen molar-refractivity contribution in [3.8, 4) is 5.75 Å². The van der Waals surface area contributed by atoms with Crippen LogP contribution in [0, 0.1) is 30.4 Å². The first-order chi connectivity index (χ1) is 14.4. The van der Waals surface area contributed by atoms with Crippen LogP contribution in [0.2, 0.25) is 0 Å². The molecule has 0 heterocycles. The lowest BCUT2D eigenvalue weighted by Gasteiger charge is -2.15. The predicted octanol–water partition coefficient (Wildman–Crippen LogP) is 3.65. The molecule has 0 unspecified atom stereocenters. The minimum absolute atomic E-state index is 0.0288. The number of aromatic carboxylic acids is 1. The number of hydrogen-bond acceptors (Lipinski definition) is 6. The molecule has 0 aliphatic rings. The Hall–Kier alpha value is -2.23. The number of esters is 2. The predicted molar refractivity (Wildman–Crippen MR) is 112 cm³/mol. The lowest BCUT2D eigenvalue weighted by Crippen LogP contribution is -2.29. The molecule has 0 aliphatic heterocycles. The number of carboxylic acids is 1. The van der Waals surface area contributed by atoms with Crippen LogP contribution < -0.4 is 9.84 Å². The van der Waals surface area contributed by atoms with Crippen molar-refractivity contribution in [1.82, 2.24) is 0 Å². The van der Waals surface area contributed by atoms with Crippen LogP contribution in [0.15, 0.2) is 24.3 Å². The SMILES string of the molecule is C=C(C)C(=O)Oc1c(I)cc(I)cc1COC(=O)c1c(F)c(F)c(F)c(F)c1C(=O)[O-]. The molecule has 0 amide bonds. The van der Waals surface area contributed by atoms with Gasteiger partial charge in [-0.05, 0) is 64.2 Å². The number of carbonyl (C=O) groups is 3. The fourth-order valence-corrected chi connectivity index (χ4v) is 4.32. The molecule has 0 aromatic heterocycles. The number of halogens is 6. The highest BCUT2D eigenvalue weighted by molar-refractivity contribution is 14.1. The van der Waals surface area contributed by atoms with Gasteiger partial charge in [-0.2, -0.15) is 0 Å². The molecular weight excluding hydrogens is 654 g/mol.